The SMILES string of the molecule is [CH2]C(C)(C)C=CCC=CC. The zero-order valence-corrected chi connectivity index (χ0v) is 7.22. The fraction of sp³-hybridized carbons (Fsp3) is 0.500. The van der Waals surface area contributed by atoms with E-state index in [0.717, 1.165) is 6.42 Å². The van der Waals surface area contributed by atoms with E-state index in [0.29, 0.717) is 0 Å². The molecule has 0 bridgehead atoms. The average molecular weight is 137 g/mol. The van der Waals surface area contributed by atoms with Gasteiger partial charge in [-0.05, 0) is 25.7 Å². The van der Waals surface area contributed by atoms with Crippen LogP contribution in [-0.2, 0) is 0 Å². The van der Waals surface area contributed by atoms with E-state index < -0.39 is 0 Å². The van der Waals surface area contributed by atoms with Crippen molar-refractivity contribution in [2.75, 3.05) is 0 Å². The van der Waals surface area contributed by atoms with Crippen molar-refractivity contribution in [3.63, 3.8) is 0 Å². The van der Waals surface area contributed by atoms with Crippen LogP contribution in [-0.4, -0.2) is 0 Å². The fourth-order valence-electron chi connectivity index (χ4n) is 0.602. The molecule has 0 aromatic heterocycles. The second-order valence-corrected chi connectivity index (χ2v) is 3.20. The van der Waals surface area contributed by atoms with E-state index in [4.69, 9.17) is 0 Å². The third-order valence-electron chi connectivity index (χ3n) is 1.08. The summed E-state index contributed by atoms with van der Waals surface area (Å²) in [5.74, 6) is 0. The summed E-state index contributed by atoms with van der Waals surface area (Å²) in [6.07, 6.45) is 9.48. The molecule has 0 aromatic carbocycles. The lowest BCUT2D eigenvalue weighted by atomic mass is 9.96. The Kier molecular flexibility index (Phi) is 4.10. The molecule has 1 radical (unpaired) electrons. The van der Waals surface area contributed by atoms with Gasteiger partial charge in [0.25, 0.3) is 0 Å². The van der Waals surface area contributed by atoms with Gasteiger partial charge in [0.05, 0.1) is 0 Å². The Bertz CT molecular complexity index is 121. The molecule has 57 valence electrons. The van der Waals surface area contributed by atoms with Gasteiger partial charge in [0.15, 0.2) is 0 Å². The second kappa shape index (κ2) is 4.32. The van der Waals surface area contributed by atoms with E-state index in [2.05, 4.69) is 45.1 Å². The highest BCUT2D eigenvalue weighted by Crippen LogP contribution is 2.13. The first kappa shape index (κ1) is 9.48. The maximum Gasteiger partial charge on any atom is -0.0169 e. The molecule has 0 nitrogen and oxygen atoms in total. The highest BCUT2D eigenvalue weighted by Gasteiger charge is 2.01. The molecule has 0 saturated heterocycles. The molecule has 0 fully saturated rings. The van der Waals surface area contributed by atoms with Crippen molar-refractivity contribution in [3.05, 3.63) is 31.2 Å². The van der Waals surface area contributed by atoms with Crippen LogP contribution in [0.15, 0.2) is 24.3 Å². The maximum atomic E-state index is 3.96. The Balaban J connectivity index is 3.56. The summed E-state index contributed by atoms with van der Waals surface area (Å²) < 4.78 is 0. The number of hydrogen-bond donors (Lipinski definition) is 0. The summed E-state index contributed by atoms with van der Waals surface area (Å²) in [7, 11) is 0. The minimum absolute atomic E-state index is 0.0849. The summed E-state index contributed by atoms with van der Waals surface area (Å²) in [5, 5.41) is 0. The van der Waals surface area contributed by atoms with Crippen LogP contribution in [0, 0.1) is 12.3 Å². The summed E-state index contributed by atoms with van der Waals surface area (Å²) in [5.41, 5.74) is 0.0849. The van der Waals surface area contributed by atoms with Crippen LogP contribution in [0.1, 0.15) is 27.2 Å². The molecular weight excluding hydrogens is 120 g/mol. The van der Waals surface area contributed by atoms with Crippen molar-refractivity contribution < 1.29 is 0 Å². The zero-order valence-electron chi connectivity index (χ0n) is 7.22. The molecule has 0 rings (SSSR count). The number of rotatable bonds is 3. The lowest BCUT2D eigenvalue weighted by Crippen LogP contribution is -1.98. The molecular formula is C10H17. The van der Waals surface area contributed by atoms with Gasteiger partial charge in [-0.15, -0.1) is 0 Å². The Morgan fingerprint density at radius 2 is 1.90 bits per heavy atom. The van der Waals surface area contributed by atoms with Crippen molar-refractivity contribution in [1.82, 2.24) is 0 Å². The first-order valence-corrected chi connectivity index (χ1v) is 3.70. The molecule has 0 heteroatoms. The highest BCUT2D eigenvalue weighted by atomic mass is 14.1. The van der Waals surface area contributed by atoms with Gasteiger partial charge in [0.1, 0.15) is 0 Å². The van der Waals surface area contributed by atoms with Gasteiger partial charge in [0, 0.05) is 0 Å². The third kappa shape index (κ3) is 7.48. The predicted octanol–water partition coefficient (Wildman–Crippen LogP) is 3.37. The quantitative estimate of drug-likeness (QED) is 0.523. The predicted molar refractivity (Wildman–Crippen MR) is 47.7 cm³/mol. The standard InChI is InChI=1S/C10H17/c1-5-6-7-8-9-10(2,3)4/h5-6,8-9H,2,7H2,1,3-4H3. The van der Waals surface area contributed by atoms with E-state index in [1.807, 2.05) is 6.92 Å². The Morgan fingerprint density at radius 3 is 2.30 bits per heavy atom. The first-order chi connectivity index (χ1) is 4.56. The molecule has 0 saturated carbocycles. The molecule has 0 aliphatic rings. The van der Waals surface area contributed by atoms with Crippen LogP contribution < -0.4 is 0 Å². The van der Waals surface area contributed by atoms with Gasteiger partial charge in [0.2, 0.25) is 0 Å². The summed E-state index contributed by atoms with van der Waals surface area (Å²) in [6, 6.07) is 0. The first-order valence-electron chi connectivity index (χ1n) is 3.70. The molecule has 0 unspecified atom stereocenters. The zero-order chi connectivity index (χ0) is 8.04. The lowest BCUT2D eigenvalue weighted by molar-refractivity contribution is 0.619. The molecule has 0 spiro atoms. The van der Waals surface area contributed by atoms with E-state index in [1.165, 1.54) is 0 Å². The van der Waals surface area contributed by atoms with Crippen LogP contribution in [0.25, 0.3) is 0 Å². The van der Waals surface area contributed by atoms with Crippen LogP contribution >= 0.6 is 0 Å². The Labute approximate surface area is 64.6 Å². The summed E-state index contributed by atoms with van der Waals surface area (Å²) >= 11 is 0. The number of allylic oxidation sites excluding steroid dienone is 4. The van der Waals surface area contributed by atoms with Crippen LogP contribution in [0.4, 0.5) is 0 Å². The van der Waals surface area contributed by atoms with Crippen molar-refractivity contribution in [1.29, 1.82) is 0 Å². The average Bonchev–Trinajstić information content (AvgIpc) is 1.78. The van der Waals surface area contributed by atoms with Crippen molar-refractivity contribution in [3.8, 4) is 0 Å². The molecule has 0 heterocycles. The van der Waals surface area contributed by atoms with Gasteiger partial charge in [-0.2, -0.15) is 0 Å². The maximum absolute atomic E-state index is 3.96. The Hall–Kier alpha value is -0.520. The van der Waals surface area contributed by atoms with Gasteiger partial charge in [-0.1, -0.05) is 38.2 Å². The van der Waals surface area contributed by atoms with Gasteiger partial charge >= 0.3 is 0 Å². The van der Waals surface area contributed by atoms with E-state index in [-0.39, 0.29) is 5.41 Å². The van der Waals surface area contributed by atoms with Crippen LogP contribution in [0.2, 0.25) is 0 Å². The van der Waals surface area contributed by atoms with E-state index in [9.17, 15) is 0 Å². The van der Waals surface area contributed by atoms with Gasteiger partial charge in [-0.3, -0.25) is 0 Å². The van der Waals surface area contributed by atoms with Crippen LogP contribution in [0.3, 0.4) is 0 Å². The van der Waals surface area contributed by atoms with Crippen LogP contribution in [0.5, 0.6) is 0 Å². The van der Waals surface area contributed by atoms with Crippen molar-refractivity contribution in [2.45, 2.75) is 27.2 Å². The normalized spacial score (nSPS) is 13.6. The molecule has 0 N–H and O–H groups in total. The third-order valence-corrected chi connectivity index (χ3v) is 1.08. The van der Waals surface area contributed by atoms with Gasteiger partial charge in [-0.25, -0.2) is 0 Å². The van der Waals surface area contributed by atoms with Crippen molar-refractivity contribution >= 4 is 0 Å². The summed E-state index contributed by atoms with van der Waals surface area (Å²) in [4.78, 5) is 0. The molecule has 0 aromatic rings. The van der Waals surface area contributed by atoms with E-state index >= 15 is 0 Å². The van der Waals surface area contributed by atoms with E-state index in [1.54, 1.807) is 0 Å². The fourth-order valence-corrected chi connectivity index (χ4v) is 0.602. The number of hydrogen-bond acceptors (Lipinski definition) is 0. The molecule has 0 amide bonds. The molecule has 0 aliphatic carbocycles. The minimum Gasteiger partial charge on any atom is -0.0914 e. The molecule has 0 aliphatic heterocycles. The van der Waals surface area contributed by atoms with Gasteiger partial charge < -0.3 is 0 Å². The summed E-state index contributed by atoms with van der Waals surface area (Å²) in [6.45, 7) is 10.2. The highest BCUT2D eigenvalue weighted by molar-refractivity contribution is 4.99. The molecule has 0 atom stereocenters. The minimum atomic E-state index is 0.0849. The Morgan fingerprint density at radius 1 is 1.30 bits per heavy atom. The smallest absolute Gasteiger partial charge is 0.0169 e. The largest absolute Gasteiger partial charge is 0.0914 e. The molecule has 10 heavy (non-hydrogen) atoms. The lowest BCUT2D eigenvalue weighted by Gasteiger charge is -2.09. The van der Waals surface area contributed by atoms with Crippen molar-refractivity contribution in [2.24, 2.45) is 5.41 Å². The second-order valence-electron chi connectivity index (χ2n) is 3.20. The monoisotopic (exact) mass is 137 g/mol. The topological polar surface area (TPSA) is 0 Å².